The van der Waals surface area contributed by atoms with Crippen LogP contribution in [0, 0.1) is 0 Å². The highest BCUT2D eigenvalue weighted by Gasteiger charge is 2.19. The molecule has 7 heteroatoms. The summed E-state index contributed by atoms with van der Waals surface area (Å²) in [5.41, 5.74) is 0. The van der Waals surface area contributed by atoms with Crippen LogP contribution in [-0.2, 0) is 4.79 Å². The molecule has 1 rings (SSSR count). The number of hydrogen-bond donors (Lipinski definition) is 2. The van der Waals surface area contributed by atoms with Crippen LogP contribution in [-0.4, -0.2) is 52.0 Å². The molecule has 0 saturated carbocycles. The van der Waals surface area contributed by atoms with Crippen molar-refractivity contribution in [3.63, 3.8) is 0 Å². The van der Waals surface area contributed by atoms with Crippen molar-refractivity contribution in [2.45, 2.75) is 13.0 Å². The second-order valence-electron chi connectivity index (χ2n) is 3.26. The van der Waals surface area contributed by atoms with Crippen molar-refractivity contribution in [1.29, 1.82) is 0 Å². The van der Waals surface area contributed by atoms with E-state index in [4.69, 9.17) is 0 Å². The van der Waals surface area contributed by atoms with Crippen LogP contribution in [0.5, 0.6) is 0 Å². The molecule has 0 spiro atoms. The fourth-order valence-corrected chi connectivity index (χ4v) is 1.03. The average Bonchev–Trinajstić information content (AvgIpc) is 2.68. The maximum absolute atomic E-state index is 11.4. The monoisotopic (exact) mass is 211 g/mol. The summed E-state index contributed by atoms with van der Waals surface area (Å²) in [6, 6.07) is -0.586. The lowest BCUT2D eigenvalue weighted by Crippen LogP contribution is -2.44. The number of aromatic amines is 1. The minimum absolute atomic E-state index is 0.0911. The predicted molar refractivity (Wildman–Crippen MR) is 52.0 cm³/mol. The third-order valence-corrected chi connectivity index (χ3v) is 1.79. The van der Waals surface area contributed by atoms with Crippen LogP contribution in [0.15, 0.2) is 6.33 Å². The minimum atomic E-state index is -0.586. The van der Waals surface area contributed by atoms with E-state index in [9.17, 15) is 9.59 Å². The highest BCUT2D eigenvalue weighted by atomic mass is 16.2. The van der Waals surface area contributed by atoms with Gasteiger partial charge in [-0.05, 0) is 6.92 Å². The summed E-state index contributed by atoms with van der Waals surface area (Å²) in [4.78, 5) is 27.9. The van der Waals surface area contributed by atoms with Gasteiger partial charge in [0.05, 0.1) is 0 Å². The number of nitrogens with one attached hydrogen (secondary N) is 2. The molecule has 1 atom stereocenters. The van der Waals surface area contributed by atoms with Gasteiger partial charge in [0, 0.05) is 14.1 Å². The summed E-state index contributed by atoms with van der Waals surface area (Å²) in [5, 5.41) is 8.45. The van der Waals surface area contributed by atoms with Gasteiger partial charge in [0.1, 0.15) is 12.4 Å². The molecule has 0 fully saturated rings. The molecule has 1 heterocycles. The van der Waals surface area contributed by atoms with Crippen molar-refractivity contribution in [3.05, 3.63) is 12.2 Å². The third-order valence-electron chi connectivity index (χ3n) is 1.79. The fraction of sp³-hybridized carbons (Fsp3) is 0.500. The van der Waals surface area contributed by atoms with E-state index in [1.807, 2.05) is 0 Å². The molecule has 15 heavy (non-hydrogen) atoms. The molecule has 0 aromatic carbocycles. The number of carbonyl (C=O) groups is 2. The third kappa shape index (κ3) is 2.76. The summed E-state index contributed by atoms with van der Waals surface area (Å²) in [6.45, 7) is 1.61. The first kappa shape index (κ1) is 11.2. The summed E-state index contributed by atoms with van der Waals surface area (Å²) in [7, 11) is 3.25. The van der Waals surface area contributed by atoms with Crippen LogP contribution in [0.25, 0.3) is 0 Å². The van der Waals surface area contributed by atoms with Crippen LogP contribution in [0.4, 0.5) is 0 Å². The zero-order valence-electron chi connectivity index (χ0n) is 8.81. The second kappa shape index (κ2) is 4.54. The first-order valence-corrected chi connectivity index (χ1v) is 4.39. The van der Waals surface area contributed by atoms with Crippen LogP contribution in [0.1, 0.15) is 17.5 Å². The van der Waals surface area contributed by atoms with Crippen LogP contribution in [0.3, 0.4) is 0 Å². The number of amides is 2. The largest absolute Gasteiger partial charge is 0.347 e. The van der Waals surface area contributed by atoms with E-state index in [1.165, 1.54) is 11.2 Å². The van der Waals surface area contributed by atoms with Crippen molar-refractivity contribution in [2.24, 2.45) is 0 Å². The normalized spacial score (nSPS) is 11.9. The number of aromatic nitrogens is 3. The molecule has 0 radical (unpaired) electrons. The van der Waals surface area contributed by atoms with Gasteiger partial charge >= 0.3 is 0 Å². The van der Waals surface area contributed by atoms with Crippen molar-refractivity contribution < 1.29 is 9.59 Å². The highest BCUT2D eigenvalue weighted by molar-refractivity contribution is 5.94. The lowest BCUT2D eigenvalue weighted by molar-refractivity contribution is -0.130. The zero-order valence-corrected chi connectivity index (χ0v) is 8.81. The van der Waals surface area contributed by atoms with E-state index >= 15 is 0 Å². The lowest BCUT2D eigenvalue weighted by atomic mass is 10.3. The Morgan fingerprint density at radius 2 is 2.20 bits per heavy atom. The van der Waals surface area contributed by atoms with Gasteiger partial charge in [-0.15, -0.1) is 0 Å². The van der Waals surface area contributed by atoms with Gasteiger partial charge < -0.3 is 10.2 Å². The summed E-state index contributed by atoms with van der Waals surface area (Å²) in [6.07, 6.45) is 1.23. The molecular formula is C8H13N5O2. The van der Waals surface area contributed by atoms with Gasteiger partial charge in [-0.3, -0.25) is 14.7 Å². The fourth-order valence-electron chi connectivity index (χ4n) is 1.03. The Bertz CT molecular complexity index is 346. The van der Waals surface area contributed by atoms with Gasteiger partial charge in [-0.25, -0.2) is 4.98 Å². The molecule has 0 aliphatic heterocycles. The highest BCUT2D eigenvalue weighted by Crippen LogP contribution is 1.92. The lowest BCUT2D eigenvalue weighted by Gasteiger charge is -2.17. The number of nitrogens with zero attached hydrogens (tertiary/aromatic N) is 3. The van der Waals surface area contributed by atoms with Gasteiger partial charge in [0.15, 0.2) is 0 Å². The second-order valence-corrected chi connectivity index (χ2v) is 3.26. The first-order valence-electron chi connectivity index (χ1n) is 4.39. The van der Waals surface area contributed by atoms with E-state index in [1.54, 1.807) is 21.0 Å². The standard InChI is InChI=1S/C8H13N5O2/c1-5(8(15)13(2)3)11-7(14)6-9-4-10-12-6/h4-5H,1-3H3,(H,11,14)(H,9,10,12). The van der Waals surface area contributed by atoms with E-state index in [2.05, 4.69) is 20.5 Å². The molecule has 2 amide bonds. The molecule has 1 aromatic heterocycles. The zero-order chi connectivity index (χ0) is 11.4. The topological polar surface area (TPSA) is 91.0 Å². The number of hydrogen-bond acceptors (Lipinski definition) is 4. The Morgan fingerprint density at radius 3 is 2.67 bits per heavy atom. The first-order chi connectivity index (χ1) is 7.02. The maximum atomic E-state index is 11.4. The maximum Gasteiger partial charge on any atom is 0.289 e. The Hall–Kier alpha value is -1.92. The number of H-pyrrole nitrogens is 1. The van der Waals surface area contributed by atoms with E-state index in [0.717, 1.165) is 0 Å². The Kier molecular flexibility index (Phi) is 3.37. The Balaban J connectivity index is 2.56. The van der Waals surface area contributed by atoms with Crippen molar-refractivity contribution >= 4 is 11.8 Å². The predicted octanol–water partition coefficient (Wildman–Crippen LogP) is -0.989. The molecule has 0 aliphatic rings. The van der Waals surface area contributed by atoms with Crippen LogP contribution >= 0.6 is 0 Å². The molecule has 1 unspecified atom stereocenters. The minimum Gasteiger partial charge on any atom is -0.347 e. The van der Waals surface area contributed by atoms with Crippen molar-refractivity contribution in [1.82, 2.24) is 25.4 Å². The Labute approximate surface area is 86.9 Å². The number of rotatable bonds is 3. The number of likely N-dealkylation sites (N-methyl/N-ethyl adjacent to an activating group) is 1. The molecule has 2 N–H and O–H groups in total. The molecule has 0 bridgehead atoms. The van der Waals surface area contributed by atoms with Gasteiger partial charge in [-0.2, -0.15) is 5.10 Å². The summed E-state index contributed by atoms with van der Waals surface area (Å²) in [5.74, 6) is -0.536. The molecule has 1 aromatic rings. The van der Waals surface area contributed by atoms with Gasteiger partial charge in [0.2, 0.25) is 11.7 Å². The summed E-state index contributed by atoms with van der Waals surface area (Å²) >= 11 is 0. The molecule has 82 valence electrons. The smallest absolute Gasteiger partial charge is 0.289 e. The van der Waals surface area contributed by atoms with E-state index in [0.29, 0.717) is 0 Å². The van der Waals surface area contributed by atoms with E-state index in [-0.39, 0.29) is 11.7 Å². The molecular weight excluding hydrogens is 198 g/mol. The molecule has 0 aliphatic carbocycles. The SMILES string of the molecule is CC(NC(=O)c1ncn[nH]1)C(=O)N(C)C. The summed E-state index contributed by atoms with van der Waals surface area (Å²) < 4.78 is 0. The Morgan fingerprint density at radius 1 is 1.53 bits per heavy atom. The van der Waals surface area contributed by atoms with Gasteiger partial charge in [0.25, 0.3) is 5.91 Å². The van der Waals surface area contributed by atoms with Crippen LogP contribution in [0.2, 0.25) is 0 Å². The van der Waals surface area contributed by atoms with E-state index < -0.39 is 11.9 Å². The quantitative estimate of drug-likeness (QED) is 0.671. The van der Waals surface area contributed by atoms with Crippen molar-refractivity contribution in [2.75, 3.05) is 14.1 Å². The average molecular weight is 211 g/mol. The molecule has 7 nitrogen and oxygen atoms in total. The number of carbonyl (C=O) groups excluding carboxylic acids is 2. The van der Waals surface area contributed by atoms with Gasteiger partial charge in [-0.1, -0.05) is 0 Å². The molecule has 0 saturated heterocycles. The van der Waals surface area contributed by atoms with Crippen LogP contribution < -0.4 is 5.32 Å². The van der Waals surface area contributed by atoms with Crippen molar-refractivity contribution in [3.8, 4) is 0 Å².